The highest BCUT2D eigenvalue weighted by molar-refractivity contribution is 6.05. The zero-order valence-corrected chi connectivity index (χ0v) is 16.8. The van der Waals surface area contributed by atoms with Gasteiger partial charge in [0.1, 0.15) is 5.82 Å². The van der Waals surface area contributed by atoms with Crippen molar-refractivity contribution in [3.8, 4) is 11.3 Å². The van der Waals surface area contributed by atoms with Gasteiger partial charge in [0.15, 0.2) is 6.10 Å². The second kappa shape index (κ2) is 8.35. The number of nitrogens with one attached hydrogen (secondary N) is 1. The summed E-state index contributed by atoms with van der Waals surface area (Å²) >= 11 is 0. The monoisotopic (exact) mass is 419 g/mol. The van der Waals surface area contributed by atoms with E-state index in [1.54, 1.807) is 19.1 Å². The molecule has 1 atom stereocenters. The molecule has 1 amide bonds. The lowest BCUT2D eigenvalue weighted by molar-refractivity contribution is -0.123. The van der Waals surface area contributed by atoms with E-state index in [0.717, 1.165) is 5.56 Å². The molecule has 1 N–H and O–H groups in total. The van der Waals surface area contributed by atoms with E-state index in [9.17, 15) is 14.0 Å². The number of aryl methyl sites for hydroxylation is 1. The van der Waals surface area contributed by atoms with Gasteiger partial charge in [-0.1, -0.05) is 47.6 Å². The fourth-order valence-electron chi connectivity index (χ4n) is 3.09. The summed E-state index contributed by atoms with van der Waals surface area (Å²) in [4.78, 5) is 29.8. The molecule has 0 saturated carbocycles. The average Bonchev–Trinajstić information content (AvgIpc) is 3.16. The summed E-state index contributed by atoms with van der Waals surface area (Å²) in [6, 6.07) is 16.6. The number of hydrogen-bond acceptors (Lipinski definition) is 6. The van der Waals surface area contributed by atoms with Gasteiger partial charge >= 0.3 is 5.97 Å². The summed E-state index contributed by atoms with van der Waals surface area (Å²) in [6.45, 7) is 3.09. The normalized spacial score (nSPS) is 11.8. The molecule has 0 aliphatic carbocycles. The van der Waals surface area contributed by atoms with E-state index >= 15 is 0 Å². The van der Waals surface area contributed by atoms with Crippen molar-refractivity contribution in [2.45, 2.75) is 20.0 Å². The highest BCUT2D eigenvalue weighted by Gasteiger charge is 2.24. The number of fused-ring (bicyclic) bond motifs is 1. The number of pyridine rings is 1. The Labute approximate surface area is 176 Å². The molecule has 0 radical (unpaired) electrons. The van der Waals surface area contributed by atoms with Crippen LogP contribution in [-0.2, 0) is 9.53 Å². The van der Waals surface area contributed by atoms with Crippen molar-refractivity contribution in [3.63, 3.8) is 0 Å². The first kappa shape index (κ1) is 20.2. The lowest BCUT2D eigenvalue weighted by Crippen LogP contribution is -2.30. The van der Waals surface area contributed by atoms with Crippen LogP contribution < -0.4 is 5.32 Å². The van der Waals surface area contributed by atoms with Gasteiger partial charge in [-0.3, -0.25) is 4.79 Å². The molecular weight excluding hydrogens is 401 g/mol. The molecule has 1 unspecified atom stereocenters. The SMILES string of the molecule is Cc1noc2nc(-c3ccccc3)cc(C(=O)OC(C)C(=O)Nc3ccccc3F)c12. The first-order valence-electron chi connectivity index (χ1n) is 9.53. The lowest BCUT2D eigenvalue weighted by atomic mass is 10.1. The molecule has 31 heavy (non-hydrogen) atoms. The zero-order valence-electron chi connectivity index (χ0n) is 16.8. The van der Waals surface area contributed by atoms with Gasteiger partial charge in [-0.25, -0.2) is 14.2 Å². The van der Waals surface area contributed by atoms with Crippen LogP contribution in [0.25, 0.3) is 22.4 Å². The highest BCUT2D eigenvalue weighted by Crippen LogP contribution is 2.27. The molecule has 2 aromatic carbocycles. The van der Waals surface area contributed by atoms with Crippen LogP contribution >= 0.6 is 0 Å². The Kier molecular flexibility index (Phi) is 5.44. The molecule has 8 heteroatoms. The van der Waals surface area contributed by atoms with E-state index in [1.807, 2.05) is 30.3 Å². The number of benzene rings is 2. The first-order valence-corrected chi connectivity index (χ1v) is 9.53. The Morgan fingerprint density at radius 3 is 2.55 bits per heavy atom. The standard InChI is InChI=1S/C23H18FN3O4/c1-13-20-16(12-19(26-22(20)31-27-13)15-8-4-3-5-9-15)23(29)30-14(2)21(28)25-18-11-7-6-10-17(18)24/h3-12,14H,1-2H3,(H,25,28). The Balaban J connectivity index is 1.61. The molecule has 0 bridgehead atoms. The number of hydrogen-bond donors (Lipinski definition) is 1. The summed E-state index contributed by atoms with van der Waals surface area (Å²) in [6.07, 6.45) is -1.17. The van der Waals surface area contributed by atoms with Crippen molar-refractivity contribution in [2.24, 2.45) is 0 Å². The molecule has 0 fully saturated rings. The maximum Gasteiger partial charge on any atom is 0.339 e. The molecule has 4 aromatic rings. The molecule has 2 aromatic heterocycles. The van der Waals surface area contributed by atoms with Crippen molar-refractivity contribution >= 4 is 28.7 Å². The minimum absolute atomic E-state index is 0.00273. The maximum absolute atomic E-state index is 13.8. The van der Waals surface area contributed by atoms with E-state index in [1.165, 1.54) is 25.1 Å². The van der Waals surface area contributed by atoms with Crippen LogP contribution in [0.5, 0.6) is 0 Å². The molecular formula is C23H18FN3O4. The molecule has 4 rings (SSSR count). The highest BCUT2D eigenvalue weighted by atomic mass is 19.1. The smallest absolute Gasteiger partial charge is 0.339 e. The molecule has 0 spiro atoms. The summed E-state index contributed by atoms with van der Waals surface area (Å²) in [7, 11) is 0. The average molecular weight is 419 g/mol. The topological polar surface area (TPSA) is 94.3 Å². The van der Waals surface area contributed by atoms with Gasteiger partial charge in [0.05, 0.1) is 28.0 Å². The van der Waals surface area contributed by atoms with Crippen LogP contribution in [-0.4, -0.2) is 28.1 Å². The van der Waals surface area contributed by atoms with Crippen LogP contribution in [0.3, 0.4) is 0 Å². The number of halogens is 1. The second-order valence-electron chi connectivity index (χ2n) is 6.89. The summed E-state index contributed by atoms with van der Waals surface area (Å²) in [5, 5.41) is 6.71. The largest absolute Gasteiger partial charge is 0.449 e. The Morgan fingerprint density at radius 2 is 1.81 bits per heavy atom. The fraction of sp³-hybridized carbons (Fsp3) is 0.130. The van der Waals surface area contributed by atoms with Crippen LogP contribution in [0, 0.1) is 12.7 Å². The van der Waals surface area contributed by atoms with Crippen molar-refractivity contribution in [2.75, 3.05) is 5.32 Å². The number of rotatable bonds is 5. The molecule has 0 aliphatic rings. The zero-order chi connectivity index (χ0) is 22.0. The van der Waals surface area contributed by atoms with Crippen molar-refractivity contribution in [1.82, 2.24) is 10.1 Å². The van der Waals surface area contributed by atoms with Crippen molar-refractivity contribution in [3.05, 3.63) is 77.7 Å². The number of carbonyl (C=O) groups is 2. The van der Waals surface area contributed by atoms with E-state index in [2.05, 4.69) is 15.5 Å². The van der Waals surface area contributed by atoms with Gasteiger partial charge < -0.3 is 14.6 Å². The van der Waals surface area contributed by atoms with Crippen LogP contribution in [0.2, 0.25) is 0 Å². The number of para-hydroxylation sites is 1. The fourth-order valence-corrected chi connectivity index (χ4v) is 3.09. The number of carbonyl (C=O) groups excluding carboxylic acids is 2. The molecule has 156 valence electrons. The van der Waals surface area contributed by atoms with Gasteiger partial charge in [-0.05, 0) is 32.0 Å². The van der Waals surface area contributed by atoms with Crippen molar-refractivity contribution < 1.29 is 23.2 Å². The minimum Gasteiger partial charge on any atom is -0.449 e. The van der Waals surface area contributed by atoms with Crippen LogP contribution in [0.4, 0.5) is 10.1 Å². The van der Waals surface area contributed by atoms with E-state index in [4.69, 9.17) is 9.26 Å². The number of ether oxygens (including phenoxy) is 1. The minimum atomic E-state index is -1.17. The quantitative estimate of drug-likeness (QED) is 0.478. The van der Waals surface area contributed by atoms with Crippen molar-refractivity contribution in [1.29, 1.82) is 0 Å². The molecule has 7 nitrogen and oxygen atoms in total. The van der Waals surface area contributed by atoms with Gasteiger partial charge in [0, 0.05) is 5.56 Å². The third-order valence-corrected chi connectivity index (χ3v) is 4.69. The van der Waals surface area contributed by atoms with E-state index in [-0.39, 0.29) is 17.0 Å². The van der Waals surface area contributed by atoms with Gasteiger partial charge in [0.2, 0.25) is 0 Å². The lowest BCUT2D eigenvalue weighted by Gasteiger charge is -2.14. The Hall–Kier alpha value is -4.07. The molecule has 0 aliphatic heterocycles. The van der Waals surface area contributed by atoms with Gasteiger partial charge in [0.25, 0.3) is 11.6 Å². The van der Waals surface area contributed by atoms with E-state index in [0.29, 0.717) is 16.8 Å². The predicted octanol–water partition coefficient (Wildman–Crippen LogP) is 4.52. The molecule has 0 saturated heterocycles. The Bertz CT molecular complexity index is 1270. The number of esters is 1. The number of nitrogens with zero attached hydrogens (tertiary/aromatic N) is 2. The Morgan fingerprint density at radius 1 is 1.10 bits per heavy atom. The van der Waals surface area contributed by atoms with E-state index < -0.39 is 23.8 Å². The maximum atomic E-state index is 13.8. The van der Waals surface area contributed by atoms with Gasteiger partial charge in [-0.15, -0.1) is 0 Å². The second-order valence-corrected chi connectivity index (χ2v) is 6.89. The summed E-state index contributed by atoms with van der Waals surface area (Å²) < 4.78 is 24.4. The summed E-state index contributed by atoms with van der Waals surface area (Å²) in [5.41, 5.74) is 2.11. The molecule has 2 heterocycles. The van der Waals surface area contributed by atoms with Crippen LogP contribution in [0.1, 0.15) is 23.0 Å². The summed E-state index contributed by atoms with van der Waals surface area (Å²) in [5.74, 6) is -1.99. The number of anilines is 1. The predicted molar refractivity (Wildman–Crippen MR) is 112 cm³/mol. The van der Waals surface area contributed by atoms with Gasteiger partial charge in [-0.2, -0.15) is 0 Å². The third-order valence-electron chi connectivity index (χ3n) is 4.69. The third kappa shape index (κ3) is 4.13. The van der Waals surface area contributed by atoms with Crippen LogP contribution in [0.15, 0.2) is 65.2 Å². The first-order chi connectivity index (χ1) is 14.9. The number of aromatic nitrogens is 2. The number of amides is 1.